The van der Waals surface area contributed by atoms with E-state index in [-0.39, 0.29) is 0 Å². The van der Waals surface area contributed by atoms with Crippen molar-refractivity contribution in [1.29, 1.82) is 0 Å². The zero-order valence-electron chi connectivity index (χ0n) is 9.19. The van der Waals surface area contributed by atoms with Gasteiger partial charge in [-0.3, -0.25) is 0 Å². The van der Waals surface area contributed by atoms with Gasteiger partial charge in [0, 0.05) is 11.6 Å². The van der Waals surface area contributed by atoms with Crippen LogP contribution >= 0.6 is 0 Å². The first-order valence-corrected chi connectivity index (χ1v) is 4.90. The summed E-state index contributed by atoms with van der Waals surface area (Å²) < 4.78 is 4.73. The van der Waals surface area contributed by atoms with E-state index in [2.05, 4.69) is 20.4 Å². The van der Waals surface area contributed by atoms with Gasteiger partial charge in [0.05, 0.1) is 6.54 Å². The fourth-order valence-electron chi connectivity index (χ4n) is 1.33. The van der Waals surface area contributed by atoms with E-state index < -0.39 is 0 Å². The predicted octanol–water partition coefficient (Wildman–Crippen LogP) is 1.28. The molecule has 2 heterocycles. The van der Waals surface area contributed by atoms with Gasteiger partial charge in [0.2, 0.25) is 0 Å². The minimum Gasteiger partial charge on any atom is -0.383 e. The first-order valence-electron chi connectivity index (χ1n) is 4.90. The van der Waals surface area contributed by atoms with Crippen molar-refractivity contribution in [2.75, 3.05) is 11.1 Å². The van der Waals surface area contributed by atoms with Gasteiger partial charge in [0.1, 0.15) is 29.4 Å². The van der Waals surface area contributed by atoms with Gasteiger partial charge in [-0.05, 0) is 13.8 Å². The van der Waals surface area contributed by atoms with Gasteiger partial charge in [-0.15, -0.1) is 0 Å². The monoisotopic (exact) mass is 219 g/mol. The van der Waals surface area contributed by atoms with Gasteiger partial charge in [-0.25, -0.2) is 9.97 Å². The topological polar surface area (TPSA) is 89.9 Å². The summed E-state index contributed by atoms with van der Waals surface area (Å²) in [5.41, 5.74) is 7.40. The van der Waals surface area contributed by atoms with Crippen LogP contribution in [-0.4, -0.2) is 15.1 Å². The number of aryl methyl sites for hydroxylation is 1. The van der Waals surface area contributed by atoms with Crippen molar-refractivity contribution in [1.82, 2.24) is 15.1 Å². The highest BCUT2D eigenvalue weighted by Crippen LogP contribution is 2.17. The molecule has 6 nitrogen and oxygen atoms in total. The van der Waals surface area contributed by atoms with Crippen molar-refractivity contribution in [3.05, 3.63) is 29.4 Å². The van der Waals surface area contributed by atoms with Crippen LogP contribution in [0.15, 0.2) is 16.9 Å². The second-order valence-electron chi connectivity index (χ2n) is 3.47. The van der Waals surface area contributed by atoms with Crippen molar-refractivity contribution in [2.24, 2.45) is 0 Å². The minimum atomic E-state index is 0.496. The second kappa shape index (κ2) is 4.18. The molecule has 0 amide bonds. The number of hydrogen-bond donors (Lipinski definition) is 2. The van der Waals surface area contributed by atoms with Crippen LogP contribution < -0.4 is 11.1 Å². The summed E-state index contributed by atoms with van der Waals surface area (Å²) in [5, 5.41) is 6.94. The zero-order valence-corrected chi connectivity index (χ0v) is 9.19. The number of nitrogens with two attached hydrogens (primary N) is 1. The molecule has 0 fully saturated rings. The number of hydrogen-bond acceptors (Lipinski definition) is 6. The fraction of sp³-hybridized carbons (Fsp3) is 0.300. The SMILES string of the molecule is Cc1nc(N)c(C)c(NCc2ccon2)n1. The Kier molecular flexibility index (Phi) is 2.72. The number of anilines is 2. The van der Waals surface area contributed by atoms with Gasteiger partial charge >= 0.3 is 0 Å². The summed E-state index contributed by atoms with van der Waals surface area (Å²) in [6.45, 7) is 4.23. The predicted molar refractivity (Wildman–Crippen MR) is 59.7 cm³/mol. The summed E-state index contributed by atoms with van der Waals surface area (Å²) in [5.74, 6) is 1.87. The fourth-order valence-corrected chi connectivity index (χ4v) is 1.33. The average molecular weight is 219 g/mol. The van der Waals surface area contributed by atoms with Gasteiger partial charge < -0.3 is 15.6 Å². The summed E-state index contributed by atoms with van der Waals surface area (Å²) in [6, 6.07) is 1.79. The number of aromatic nitrogens is 3. The highest BCUT2D eigenvalue weighted by atomic mass is 16.5. The van der Waals surface area contributed by atoms with E-state index in [0.29, 0.717) is 18.2 Å². The molecule has 0 aliphatic heterocycles. The van der Waals surface area contributed by atoms with Crippen molar-refractivity contribution in [3.8, 4) is 0 Å². The molecule has 0 saturated carbocycles. The van der Waals surface area contributed by atoms with E-state index in [0.717, 1.165) is 17.1 Å². The van der Waals surface area contributed by atoms with Crippen LogP contribution in [0.2, 0.25) is 0 Å². The molecule has 2 aromatic rings. The maximum Gasteiger partial charge on any atom is 0.135 e. The lowest BCUT2D eigenvalue weighted by atomic mass is 10.3. The van der Waals surface area contributed by atoms with Crippen LogP contribution in [0.4, 0.5) is 11.6 Å². The molecule has 0 aromatic carbocycles. The lowest BCUT2D eigenvalue weighted by molar-refractivity contribution is 0.412. The summed E-state index contributed by atoms with van der Waals surface area (Å²) in [6.07, 6.45) is 1.53. The Morgan fingerprint density at radius 2 is 2.19 bits per heavy atom. The molecule has 3 N–H and O–H groups in total. The molecule has 2 rings (SSSR count). The Morgan fingerprint density at radius 1 is 1.38 bits per heavy atom. The lowest BCUT2D eigenvalue weighted by Gasteiger charge is -2.09. The zero-order chi connectivity index (χ0) is 11.5. The van der Waals surface area contributed by atoms with Crippen molar-refractivity contribution < 1.29 is 4.52 Å². The molecular weight excluding hydrogens is 206 g/mol. The molecule has 0 radical (unpaired) electrons. The Balaban J connectivity index is 2.15. The van der Waals surface area contributed by atoms with Crippen LogP contribution in [0.5, 0.6) is 0 Å². The number of nitrogens with zero attached hydrogens (tertiary/aromatic N) is 3. The van der Waals surface area contributed by atoms with Crippen LogP contribution in [-0.2, 0) is 6.54 Å². The van der Waals surface area contributed by atoms with E-state index in [1.54, 1.807) is 13.0 Å². The number of nitrogens with one attached hydrogen (secondary N) is 1. The maximum absolute atomic E-state index is 5.75. The van der Waals surface area contributed by atoms with Crippen molar-refractivity contribution >= 4 is 11.6 Å². The largest absolute Gasteiger partial charge is 0.383 e. The van der Waals surface area contributed by atoms with E-state index in [1.807, 2.05) is 6.92 Å². The minimum absolute atomic E-state index is 0.496. The van der Waals surface area contributed by atoms with Crippen LogP contribution in [0.3, 0.4) is 0 Å². The van der Waals surface area contributed by atoms with Crippen molar-refractivity contribution in [2.45, 2.75) is 20.4 Å². The van der Waals surface area contributed by atoms with E-state index in [9.17, 15) is 0 Å². The smallest absolute Gasteiger partial charge is 0.135 e. The highest BCUT2D eigenvalue weighted by Gasteiger charge is 2.06. The number of rotatable bonds is 3. The first-order chi connectivity index (χ1) is 7.66. The molecule has 0 unspecified atom stereocenters. The number of nitrogen functional groups attached to an aromatic ring is 1. The van der Waals surface area contributed by atoms with E-state index >= 15 is 0 Å². The standard InChI is InChI=1S/C10H13N5O/c1-6-9(11)13-7(2)14-10(6)12-5-8-3-4-16-15-8/h3-4H,5H2,1-2H3,(H3,11,12,13,14). The third-order valence-electron chi connectivity index (χ3n) is 2.22. The van der Waals surface area contributed by atoms with E-state index in [1.165, 1.54) is 6.26 Å². The Labute approximate surface area is 92.9 Å². The third kappa shape index (κ3) is 2.10. The molecular formula is C10H13N5O. The molecule has 2 aromatic heterocycles. The lowest BCUT2D eigenvalue weighted by Crippen LogP contribution is -2.08. The summed E-state index contributed by atoms with van der Waals surface area (Å²) in [7, 11) is 0. The highest BCUT2D eigenvalue weighted by molar-refractivity contribution is 5.54. The van der Waals surface area contributed by atoms with Gasteiger partial charge in [0.15, 0.2) is 0 Å². The molecule has 0 bridgehead atoms. The molecule has 0 aliphatic rings. The first kappa shape index (κ1) is 10.4. The van der Waals surface area contributed by atoms with Crippen molar-refractivity contribution in [3.63, 3.8) is 0 Å². The molecule has 0 spiro atoms. The van der Waals surface area contributed by atoms with Gasteiger partial charge in [0.25, 0.3) is 0 Å². The molecule has 0 saturated heterocycles. The van der Waals surface area contributed by atoms with Crippen LogP contribution in [0.1, 0.15) is 17.1 Å². The van der Waals surface area contributed by atoms with Crippen LogP contribution in [0.25, 0.3) is 0 Å². The average Bonchev–Trinajstić information content (AvgIpc) is 2.74. The quantitative estimate of drug-likeness (QED) is 0.808. The molecule has 16 heavy (non-hydrogen) atoms. The molecule has 0 atom stereocenters. The Hall–Kier alpha value is -2.11. The van der Waals surface area contributed by atoms with E-state index in [4.69, 9.17) is 10.3 Å². The van der Waals surface area contributed by atoms with Gasteiger partial charge in [-0.2, -0.15) is 0 Å². The van der Waals surface area contributed by atoms with Crippen LogP contribution in [0, 0.1) is 13.8 Å². The second-order valence-corrected chi connectivity index (χ2v) is 3.47. The normalized spacial score (nSPS) is 10.4. The molecule has 84 valence electrons. The summed E-state index contributed by atoms with van der Waals surface area (Å²) in [4.78, 5) is 8.34. The Morgan fingerprint density at radius 3 is 2.88 bits per heavy atom. The van der Waals surface area contributed by atoms with Gasteiger partial charge in [-0.1, -0.05) is 5.16 Å². The maximum atomic E-state index is 5.75. The molecule has 6 heteroatoms. The molecule has 0 aliphatic carbocycles. The summed E-state index contributed by atoms with van der Waals surface area (Å²) >= 11 is 0. The third-order valence-corrected chi connectivity index (χ3v) is 2.22. The Bertz CT molecular complexity index is 480.